The fraction of sp³-hybridized carbons (Fsp3) is 0.250. The Morgan fingerprint density at radius 1 is 1.47 bits per heavy atom. The number of amides is 1. The molecule has 7 heteroatoms. The second-order valence-corrected chi connectivity index (χ2v) is 5.61. The molecule has 2 rings (SSSR count). The van der Waals surface area contributed by atoms with Crippen LogP contribution in [-0.4, -0.2) is 22.1 Å². The maximum absolute atomic E-state index is 12.0. The molecular weight excluding hydrogens is 305 g/mol. The summed E-state index contributed by atoms with van der Waals surface area (Å²) < 4.78 is 0. The molecule has 0 aromatic carbocycles. The lowest BCUT2D eigenvalue weighted by Crippen LogP contribution is -2.34. The highest BCUT2D eigenvalue weighted by atomic mass is 35.5. The van der Waals surface area contributed by atoms with Crippen LogP contribution in [0.5, 0.6) is 0 Å². The summed E-state index contributed by atoms with van der Waals surface area (Å²) in [4.78, 5) is 12.0. The maximum Gasteiger partial charge on any atom is 0.254 e. The number of carbonyl (C=O) groups is 1. The summed E-state index contributed by atoms with van der Waals surface area (Å²) in [5.41, 5.74) is 1.42. The molecule has 0 radical (unpaired) electrons. The molecule has 0 bridgehead atoms. The number of nitrogens with zero attached hydrogens (tertiary/aromatic N) is 2. The Morgan fingerprint density at radius 3 is 2.95 bits per heavy atom. The monoisotopic (exact) mass is 315 g/mol. The van der Waals surface area contributed by atoms with Crippen LogP contribution in [0.1, 0.15) is 22.8 Å². The number of aromatic nitrogens is 2. The van der Waals surface area contributed by atoms with Gasteiger partial charge in [0.1, 0.15) is 0 Å². The minimum absolute atomic E-state index is 0.00916. The van der Waals surface area contributed by atoms with Gasteiger partial charge in [0.15, 0.2) is 10.3 Å². The minimum atomic E-state index is -0.301. The number of hydrogen-bond acceptors (Lipinski definition) is 4. The number of hydrogen-bond donors (Lipinski definition) is 1. The summed E-state index contributed by atoms with van der Waals surface area (Å²) in [7, 11) is 0. The molecule has 1 atom stereocenters. The van der Waals surface area contributed by atoms with E-state index in [1.807, 2.05) is 18.4 Å². The van der Waals surface area contributed by atoms with Gasteiger partial charge in [-0.2, -0.15) is 11.3 Å². The van der Waals surface area contributed by atoms with E-state index in [0.29, 0.717) is 0 Å². The van der Waals surface area contributed by atoms with Crippen molar-refractivity contribution in [3.63, 3.8) is 0 Å². The van der Waals surface area contributed by atoms with Crippen molar-refractivity contribution >= 4 is 40.4 Å². The van der Waals surface area contributed by atoms with Crippen molar-refractivity contribution in [2.45, 2.75) is 19.4 Å². The van der Waals surface area contributed by atoms with Gasteiger partial charge in [-0.05, 0) is 41.8 Å². The van der Waals surface area contributed by atoms with Gasteiger partial charge < -0.3 is 5.32 Å². The molecule has 0 saturated carbocycles. The number of nitrogens with one attached hydrogen (secondary N) is 1. The Balaban J connectivity index is 2.02. The molecule has 0 fully saturated rings. The zero-order valence-electron chi connectivity index (χ0n) is 10.1. The Morgan fingerprint density at radius 2 is 2.26 bits per heavy atom. The lowest BCUT2D eigenvalue weighted by Gasteiger charge is -2.13. The first kappa shape index (κ1) is 14.2. The van der Waals surface area contributed by atoms with Crippen LogP contribution < -0.4 is 5.32 Å². The molecule has 0 spiro atoms. The third-order valence-corrected chi connectivity index (χ3v) is 3.66. The zero-order valence-corrected chi connectivity index (χ0v) is 12.4. The quantitative estimate of drug-likeness (QED) is 0.942. The van der Waals surface area contributed by atoms with Crippen molar-refractivity contribution in [3.05, 3.63) is 44.3 Å². The average molecular weight is 316 g/mol. The Kier molecular flexibility index (Phi) is 4.74. The van der Waals surface area contributed by atoms with Gasteiger partial charge in [0, 0.05) is 6.04 Å². The summed E-state index contributed by atoms with van der Waals surface area (Å²) in [5, 5.41) is 14.3. The molecule has 19 heavy (non-hydrogen) atoms. The van der Waals surface area contributed by atoms with Crippen molar-refractivity contribution in [2.24, 2.45) is 0 Å². The van der Waals surface area contributed by atoms with E-state index in [0.717, 1.165) is 6.42 Å². The summed E-state index contributed by atoms with van der Waals surface area (Å²) in [6.07, 6.45) is 0.763. The zero-order chi connectivity index (χ0) is 13.8. The third kappa shape index (κ3) is 3.89. The standard InChI is InChI=1S/C12H11Cl2N3OS/c1-7(4-8-2-3-19-6-8)15-12(18)9-5-10(13)16-17-11(9)14/h2-3,5-7H,4H2,1H3,(H,15,18). The first-order chi connectivity index (χ1) is 9.06. The number of carbonyl (C=O) groups excluding carboxylic acids is 1. The van der Waals surface area contributed by atoms with Crippen molar-refractivity contribution in [1.29, 1.82) is 0 Å². The molecule has 2 aromatic rings. The van der Waals surface area contributed by atoms with E-state index < -0.39 is 0 Å². The largest absolute Gasteiger partial charge is 0.349 e. The van der Waals surface area contributed by atoms with Crippen LogP contribution in [0.4, 0.5) is 0 Å². The first-order valence-corrected chi connectivity index (χ1v) is 7.27. The molecule has 1 unspecified atom stereocenters. The average Bonchev–Trinajstić information content (AvgIpc) is 2.84. The summed E-state index contributed by atoms with van der Waals surface area (Å²) in [6.45, 7) is 1.93. The number of halogens is 2. The molecule has 2 aromatic heterocycles. The first-order valence-electron chi connectivity index (χ1n) is 5.57. The number of rotatable bonds is 4. The van der Waals surface area contributed by atoms with E-state index in [9.17, 15) is 4.79 Å². The summed E-state index contributed by atoms with van der Waals surface area (Å²) in [5.74, 6) is -0.301. The molecule has 0 aliphatic carbocycles. The van der Waals surface area contributed by atoms with Gasteiger partial charge in [-0.3, -0.25) is 4.79 Å². The molecule has 1 amide bonds. The van der Waals surface area contributed by atoms with E-state index in [1.54, 1.807) is 11.3 Å². The van der Waals surface area contributed by atoms with Crippen LogP contribution in [0.2, 0.25) is 10.3 Å². The van der Waals surface area contributed by atoms with Gasteiger partial charge in [0.2, 0.25) is 0 Å². The van der Waals surface area contributed by atoms with Crippen LogP contribution in [0.15, 0.2) is 22.9 Å². The molecule has 100 valence electrons. The van der Waals surface area contributed by atoms with Gasteiger partial charge >= 0.3 is 0 Å². The van der Waals surface area contributed by atoms with Crippen LogP contribution in [-0.2, 0) is 6.42 Å². The third-order valence-electron chi connectivity index (χ3n) is 2.46. The Bertz CT molecular complexity index is 574. The predicted molar refractivity (Wildman–Crippen MR) is 77.0 cm³/mol. The molecule has 1 N–H and O–H groups in total. The van der Waals surface area contributed by atoms with E-state index in [-0.39, 0.29) is 27.8 Å². The topological polar surface area (TPSA) is 54.9 Å². The normalized spacial score (nSPS) is 12.2. The fourth-order valence-corrected chi connectivity index (χ4v) is 2.63. The Labute approximate surface area is 124 Å². The van der Waals surface area contributed by atoms with E-state index in [2.05, 4.69) is 20.9 Å². The lowest BCUT2D eigenvalue weighted by molar-refractivity contribution is 0.0939. The highest BCUT2D eigenvalue weighted by Gasteiger charge is 2.15. The second kappa shape index (κ2) is 6.32. The van der Waals surface area contributed by atoms with Crippen molar-refractivity contribution in [2.75, 3.05) is 0 Å². The summed E-state index contributed by atoms with van der Waals surface area (Å²) in [6, 6.07) is 3.43. The van der Waals surface area contributed by atoms with E-state index in [4.69, 9.17) is 23.2 Å². The van der Waals surface area contributed by atoms with Crippen LogP contribution >= 0.6 is 34.5 Å². The van der Waals surface area contributed by atoms with Crippen molar-refractivity contribution < 1.29 is 4.79 Å². The number of thiophene rings is 1. The van der Waals surface area contributed by atoms with E-state index in [1.165, 1.54) is 11.6 Å². The second-order valence-electron chi connectivity index (χ2n) is 4.08. The predicted octanol–water partition coefficient (Wildman–Crippen LogP) is 3.21. The van der Waals surface area contributed by atoms with Gasteiger partial charge in [-0.1, -0.05) is 23.2 Å². The van der Waals surface area contributed by atoms with Crippen LogP contribution in [0, 0.1) is 0 Å². The van der Waals surface area contributed by atoms with Gasteiger partial charge in [0.05, 0.1) is 5.56 Å². The maximum atomic E-state index is 12.0. The summed E-state index contributed by atoms with van der Waals surface area (Å²) >= 11 is 13.2. The molecule has 0 saturated heterocycles. The highest BCUT2D eigenvalue weighted by molar-refractivity contribution is 7.07. The van der Waals surface area contributed by atoms with Gasteiger partial charge in [-0.25, -0.2) is 0 Å². The van der Waals surface area contributed by atoms with Crippen molar-refractivity contribution in [3.8, 4) is 0 Å². The molecule has 0 aliphatic rings. The van der Waals surface area contributed by atoms with Crippen LogP contribution in [0.25, 0.3) is 0 Å². The molecule has 4 nitrogen and oxygen atoms in total. The minimum Gasteiger partial charge on any atom is -0.349 e. The Hall–Kier alpha value is -1.17. The lowest BCUT2D eigenvalue weighted by atomic mass is 10.1. The van der Waals surface area contributed by atoms with Gasteiger partial charge in [0.25, 0.3) is 5.91 Å². The molecule has 2 heterocycles. The highest BCUT2D eigenvalue weighted by Crippen LogP contribution is 2.16. The SMILES string of the molecule is CC(Cc1ccsc1)NC(=O)c1cc(Cl)nnc1Cl. The molecule has 0 aliphatic heterocycles. The molecular formula is C12H11Cl2N3OS. The fourth-order valence-electron chi connectivity index (χ4n) is 1.63. The van der Waals surface area contributed by atoms with Crippen LogP contribution in [0.3, 0.4) is 0 Å². The van der Waals surface area contributed by atoms with Crippen molar-refractivity contribution in [1.82, 2.24) is 15.5 Å². The van der Waals surface area contributed by atoms with Gasteiger partial charge in [-0.15, -0.1) is 10.2 Å². The smallest absolute Gasteiger partial charge is 0.254 e. The van der Waals surface area contributed by atoms with E-state index >= 15 is 0 Å².